The third kappa shape index (κ3) is 1.09. The molecule has 1 aromatic carbocycles. The molecule has 2 aliphatic rings. The SMILES string of the molecule is CC(C)=C1[C@H]2C=C[C@@H]1c1c(Cl)cccc12. The summed E-state index contributed by atoms with van der Waals surface area (Å²) in [5, 5.41) is 0.920. The number of hydrogen-bond acceptors (Lipinski definition) is 0. The van der Waals surface area contributed by atoms with E-state index in [0.717, 1.165) is 5.02 Å². The molecule has 0 fully saturated rings. The number of benzene rings is 1. The first-order valence-corrected chi connectivity index (χ1v) is 5.72. The van der Waals surface area contributed by atoms with Crippen LogP contribution in [-0.4, -0.2) is 0 Å². The van der Waals surface area contributed by atoms with Crippen molar-refractivity contribution in [2.45, 2.75) is 25.7 Å². The Bertz CT molecular complexity index is 490. The fourth-order valence-corrected chi connectivity index (χ4v) is 3.22. The molecule has 0 N–H and O–H groups in total. The van der Waals surface area contributed by atoms with Gasteiger partial charge in [-0.3, -0.25) is 0 Å². The Balaban J connectivity index is 2.29. The van der Waals surface area contributed by atoms with Crippen LogP contribution in [-0.2, 0) is 0 Å². The summed E-state index contributed by atoms with van der Waals surface area (Å²) < 4.78 is 0. The molecule has 0 unspecified atom stereocenters. The quantitative estimate of drug-likeness (QED) is 0.563. The lowest BCUT2D eigenvalue weighted by molar-refractivity contribution is 0.992. The maximum Gasteiger partial charge on any atom is 0.0450 e. The molecule has 0 saturated heterocycles. The standard InChI is InChI=1S/C14H13Cl/c1-8(2)13-10-6-7-11(13)14-9(10)4-3-5-12(14)15/h3-7,10-11H,1-2H3/t10-,11-/m0/s1. The Morgan fingerprint density at radius 1 is 1.13 bits per heavy atom. The van der Waals surface area contributed by atoms with Crippen LogP contribution in [0.4, 0.5) is 0 Å². The third-order valence-electron chi connectivity index (χ3n) is 3.48. The maximum absolute atomic E-state index is 6.28. The van der Waals surface area contributed by atoms with Crippen molar-refractivity contribution in [1.82, 2.24) is 0 Å². The zero-order valence-electron chi connectivity index (χ0n) is 8.92. The third-order valence-corrected chi connectivity index (χ3v) is 3.81. The summed E-state index contributed by atoms with van der Waals surface area (Å²) in [5.41, 5.74) is 5.72. The van der Waals surface area contributed by atoms with Crippen LogP contribution in [0.2, 0.25) is 5.02 Å². The molecular weight excluding hydrogens is 204 g/mol. The minimum absolute atomic E-state index is 0.448. The van der Waals surface area contributed by atoms with E-state index in [2.05, 4.69) is 38.1 Å². The van der Waals surface area contributed by atoms with Crippen molar-refractivity contribution < 1.29 is 0 Å². The average Bonchev–Trinajstić information content (AvgIpc) is 2.73. The number of allylic oxidation sites excluding steroid dienone is 4. The van der Waals surface area contributed by atoms with E-state index in [9.17, 15) is 0 Å². The molecule has 0 saturated carbocycles. The van der Waals surface area contributed by atoms with E-state index < -0.39 is 0 Å². The van der Waals surface area contributed by atoms with E-state index in [1.165, 1.54) is 22.3 Å². The highest BCUT2D eigenvalue weighted by atomic mass is 35.5. The van der Waals surface area contributed by atoms with Crippen LogP contribution < -0.4 is 0 Å². The first-order chi connectivity index (χ1) is 7.20. The molecule has 1 aromatic rings. The van der Waals surface area contributed by atoms with E-state index in [1.54, 1.807) is 0 Å². The van der Waals surface area contributed by atoms with Crippen molar-refractivity contribution >= 4 is 11.6 Å². The van der Waals surface area contributed by atoms with E-state index in [-0.39, 0.29) is 0 Å². The molecule has 0 spiro atoms. The van der Waals surface area contributed by atoms with Crippen LogP contribution in [0.3, 0.4) is 0 Å². The van der Waals surface area contributed by atoms with Crippen molar-refractivity contribution in [3.8, 4) is 0 Å². The van der Waals surface area contributed by atoms with Gasteiger partial charge in [-0.25, -0.2) is 0 Å². The van der Waals surface area contributed by atoms with Gasteiger partial charge in [0, 0.05) is 16.9 Å². The molecule has 15 heavy (non-hydrogen) atoms. The van der Waals surface area contributed by atoms with Crippen LogP contribution in [0.15, 0.2) is 41.5 Å². The Morgan fingerprint density at radius 2 is 1.87 bits per heavy atom. The predicted molar refractivity (Wildman–Crippen MR) is 64.4 cm³/mol. The van der Waals surface area contributed by atoms with Gasteiger partial charge in [-0.05, 0) is 36.6 Å². The highest BCUT2D eigenvalue weighted by Crippen LogP contribution is 2.55. The van der Waals surface area contributed by atoms with Gasteiger partial charge in [0.15, 0.2) is 0 Å². The molecule has 3 rings (SSSR count). The summed E-state index contributed by atoms with van der Waals surface area (Å²) in [6, 6.07) is 6.26. The largest absolute Gasteiger partial charge is 0.0840 e. The van der Waals surface area contributed by atoms with Crippen LogP contribution in [0, 0.1) is 0 Å². The molecule has 0 amide bonds. The second kappa shape index (κ2) is 2.99. The van der Waals surface area contributed by atoms with E-state index in [0.29, 0.717) is 11.8 Å². The monoisotopic (exact) mass is 216 g/mol. The van der Waals surface area contributed by atoms with Gasteiger partial charge in [-0.15, -0.1) is 0 Å². The molecule has 2 atom stereocenters. The number of rotatable bonds is 0. The fourth-order valence-electron chi connectivity index (χ4n) is 2.92. The van der Waals surface area contributed by atoms with Gasteiger partial charge in [0.1, 0.15) is 0 Å². The van der Waals surface area contributed by atoms with E-state index >= 15 is 0 Å². The van der Waals surface area contributed by atoms with Gasteiger partial charge in [0.05, 0.1) is 0 Å². The minimum atomic E-state index is 0.448. The smallest absolute Gasteiger partial charge is 0.0450 e. The molecular formula is C14H13Cl. The first-order valence-electron chi connectivity index (χ1n) is 5.34. The molecule has 76 valence electrons. The van der Waals surface area contributed by atoms with Gasteiger partial charge >= 0.3 is 0 Å². The van der Waals surface area contributed by atoms with Crippen molar-refractivity contribution in [3.63, 3.8) is 0 Å². The van der Waals surface area contributed by atoms with Crippen LogP contribution in [0.1, 0.15) is 36.8 Å². The normalized spacial score (nSPS) is 25.9. The summed E-state index contributed by atoms with van der Waals surface area (Å²) in [6.45, 7) is 4.39. The van der Waals surface area contributed by atoms with Crippen molar-refractivity contribution in [2.75, 3.05) is 0 Å². The van der Waals surface area contributed by atoms with Gasteiger partial charge in [0.2, 0.25) is 0 Å². The Kier molecular flexibility index (Phi) is 1.84. The lowest BCUT2D eigenvalue weighted by Crippen LogP contribution is -1.92. The maximum atomic E-state index is 6.28. The number of hydrogen-bond donors (Lipinski definition) is 0. The highest BCUT2D eigenvalue weighted by Gasteiger charge is 2.38. The Hall–Kier alpha value is -1.01. The molecule has 0 heterocycles. The minimum Gasteiger partial charge on any atom is -0.0840 e. The van der Waals surface area contributed by atoms with Gasteiger partial charge < -0.3 is 0 Å². The molecule has 0 radical (unpaired) electrons. The average molecular weight is 217 g/mol. The molecule has 2 aliphatic carbocycles. The van der Waals surface area contributed by atoms with E-state index in [1.807, 2.05) is 6.07 Å². The Labute approximate surface area is 95.3 Å². The Morgan fingerprint density at radius 3 is 2.53 bits per heavy atom. The lowest BCUT2D eigenvalue weighted by Gasteiger charge is -2.10. The zero-order chi connectivity index (χ0) is 10.6. The van der Waals surface area contributed by atoms with Crippen molar-refractivity contribution in [3.05, 3.63) is 57.6 Å². The van der Waals surface area contributed by atoms with Crippen LogP contribution in [0.25, 0.3) is 0 Å². The second-order valence-corrected chi connectivity index (χ2v) is 4.95. The van der Waals surface area contributed by atoms with Crippen molar-refractivity contribution in [1.29, 1.82) is 0 Å². The summed E-state index contributed by atoms with van der Waals surface area (Å²) >= 11 is 6.28. The molecule has 0 aromatic heterocycles. The highest BCUT2D eigenvalue weighted by molar-refractivity contribution is 6.31. The zero-order valence-corrected chi connectivity index (χ0v) is 9.68. The number of fused-ring (bicyclic) bond motifs is 5. The number of halogens is 1. The van der Waals surface area contributed by atoms with E-state index in [4.69, 9.17) is 11.6 Å². The van der Waals surface area contributed by atoms with Gasteiger partial charge in [-0.2, -0.15) is 0 Å². The lowest BCUT2D eigenvalue weighted by atomic mass is 9.97. The summed E-state index contributed by atoms with van der Waals surface area (Å²) in [6.07, 6.45) is 4.60. The molecule has 2 bridgehead atoms. The van der Waals surface area contributed by atoms with Crippen molar-refractivity contribution in [2.24, 2.45) is 0 Å². The van der Waals surface area contributed by atoms with Gasteiger partial charge in [0.25, 0.3) is 0 Å². The fraction of sp³-hybridized carbons (Fsp3) is 0.286. The molecule has 1 heteroatoms. The van der Waals surface area contributed by atoms with Gasteiger partial charge in [-0.1, -0.05) is 41.5 Å². The summed E-state index contributed by atoms with van der Waals surface area (Å²) in [7, 11) is 0. The second-order valence-electron chi connectivity index (χ2n) is 4.54. The molecule has 0 aliphatic heterocycles. The van der Waals surface area contributed by atoms with Crippen LogP contribution in [0.5, 0.6) is 0 Å². The van der Waals surface area contributed by atoms with Crippen LogP contribution >= 0.6 is 11.6 Å². The first kappa shape index (κ1) is 9.23. The summed E-state index contributed by atoms with van der Waals surface area (Å²) in [4.78, 5) is 0. The topological polar surface area (TPSA) is 0 Å². The summed E-state index contributed by atoms with van der Waals surface area (Å²) in [5.74, 6) is 0.942. The molecule has 0 nitrogen and oxygen atoms in total. The predicted octanol–water partition coefficient (Wildman–Crippen LogP) is 4.43.